The summed E-state index contributed by atoms with van der Waals surface area (Å²) in [6.45, 7) is 2.38. The zero-order valence-corrected chi connectivity index (χ0v) is 7.84. The van der Waals surface area contributed by atoms with E-state index in [-0.39, 0.29) is 12.5 Å². The minimum absolute atomic E-state index is 0.00606. The van der Waals surface area contributed by atoms with Gasteiger partial charge in [0.15, 0.2) is 0 Å². The topological polar surface area (TPSA) is 49.3 Å². The van der Waals surface area contributed by atoms with Gasteiger partial charge < -0.3 is 10.4 Å². The molecule has 1 aliphatic rings. The molecule has 0 unspecified atom stereocenters. The molecule has 0 saturated carbocycles. The van der Waals surface area contributed by atoms with Crippen LogP contribution in [0.5, 0.6) is 0 Å². The maximum Gasteiger partial charge on any atom is 0.247 e. The van der Waals surface area contributed by atoms with Crippen molar-refractivity contribution in [1.82, 2.24) is 5.32 Å². The van der Waals surface area contributed by atoms with Gasteiger partial charge >= 0.3 is 0 Å². The van der Waals surface area contributed by atoms with Crippen LogP contribution < -0.4 is 5.32 Å². The molecule has 0 spiro atoms. The number of nitrogens with one attached hydrogen (secondary N) is 1. The molecule has 0 heterocycles. The van der Waals surface area contributed by atoms with E-state index in [2.05, 4.69) is 12.2 Å². The third kappa shape index (κ3) is 3.03. The molecule has 2 N–H and O–H groups in total. The number of carbonyl (C=O) groups is 1. The van der Waals surface area contributed by atoms with Crippen LogP contribution in [-0.2, 0) is 4.79 Å². The van der Waals surface area contributed by atoms with Gasteiger partial charge in [0, 0.05) is 12.1 Å². The van der Waals surface area contributed by atoms with E-state index in [4.69, 9.17) is 5.11 Å². The van der Waals surface area contributed by atoms with E-state index in [9.17, 15) is 4.79 Å². The van der Waals surface area contributed by atoms with Crippen LogP contribution in [0.3, 0.4) is 0 Å². The van der Waals surface area contributed by atoms with Crippen LogP contribution in [0.4, 0.5) is 0 Å². The standard InChI is InChI=1S/C10H15NO2/c1-8-2-4-9(5-3-8)10(13)11-6-7-12/h2,4,12H,3,5-7H2,1H3,(H,11,13). The lowest BCUT2D eigenvalue weighted by Gasteiger charge is -2.11. The van der Waals surface area contributed by atoms with Gasteiger partial charge in [0.2, 0.25) is 5.91 Å². The van der Waals surface area contributed by atoms with Crippen LogP contribution in [0.2, 0.25) is 0 Å². The summed E-state index contributed by atoms with van der Waals surface area (Å²) >= 11 is 0. The fourth-order valence-corrected chi connectivity index (χ4v) is 1.21. The zero-order chi connectivity index (χ0) is 9.68. The minimum atomic E-state index is -0.0576. The monoisotopic (exact) mass is 181 g/mol. The van der Waals surface area contributed by atoms with Gasteiger partial charge in [-0.15, -0.1) is 0 Å². The highest BCUT2D eigenvalue weighted by molar-refractivity contribution is 5.93. The molecule has 1 amide bonds. The summed E-state index contributed by atoms with van der Waals surface area (Å²) in [5.74, 6) is -0.0576. The van der Waals surface area contributed by atoms with E-state index >= 15 is 0 Å². The Kier molecular flexibility index (Phi) is 3.71. The third-order valence-corrected chi connectivity index (χ3v) is 2.05. The van der Waals surface area contributed by atoms with Crippen molar-refractivity contribution in [2.24, 2.45) is 0 Å². The third-order valence-electron chi connectivity index (χ3n) is 2.05. The number of amides is 1. The average Bonchev–Trinajstić information content (AvgIpc) is 2.15. The molecule has 0 aromatic rings. The maximum absolute atomic E-state index is 11.3. The van der Waals surface area contributed by atoms with E-state index in [1.165, 1.54) is 5.57 Å². The van der Waals surface area contributed by atoms with Crippen LogP contribution in [0.1, 0.15) is 19.8 Å². The Hall–Kier alpha value is -1.09. The lowest BCUT2D eigenvalue weighted by molar-refractivity contribution is -0.117. The first kappa shape index (κ1) is 9.99. The first-order valence-corrected chi connectivity index (χ1v) is 4.49. The second-order valence-corrected chi connectivity index (χ2v) is 3.18. The molecule has 0 aliphatic heterocycles. The number of rotatable bonds is 3. The van der Waals surface area contributed by atoms with Crippen LogP contribution in [0.25, 0.3) is 0 Å². The van der Waals surface area contributed by atoms with Crippen molar-refractivity contribution in [1.29, 1.82) is 0 Å². The van der Waals surface area contributed by atoms with E-state index < -0.39 is 0 Å². The van der Waals surface area contributed by atoms with E-state index in [0.29, 0.717) is 6.54 Å². The second-order valence-electron chi connectivity index (χ2n) is 3.18. The van der Waals surface area contributed by atoms with Gasteiger partial charge in [-0.3, -0.25) is 4.79 Å². The summed E-state index contributed by atoms with van der Waals surface area (Å²) in [5.41, 5.74) is 2.11. The summed E-state index contributed by atoms with van der Waals surface area (Å²) in [6, 6.07) is 0. The molecule has 0 aromatic heterocycles. The van der Waals surface area contributed by atoms with Crippen molar-refractivity contribution in [3.05, 3.63) is 23.3 Å². The van der Waals surface area contributed by atoms with Crippen LogP contribution in [0, 0.1) is 0 Å². The highest BCUT2D eigenvalue weighted by Crippen LogP contribution is 2.17. The van der Waals surface area contributed by atoms with Crippen LogP contribution in [-0.4, -0.2) is 24.2 Å². The Bertz CT molecular complexity index is 254. The molecule has 13 heavy (non-hydrogen) atoms. The van der Waals surface area contributed by atoms with Gasteiger partial charge in [-0.05, 0) is 19.8 Å². The molecule has 0 saturated heterocycles. The van der Waals surface area contributed by atoms with Crippen molar-refractivity contribution >= 4 is 5.91 Å². The molecule has 3 heteroatoms. The summed E-state index contributed by atoms with van der Waals surface area (Å²) in [7, 11) is 0. The zero-order valence-electron chi connectivity index (χ0n) is 7.84. The van der Waals surface area contributed by atoms with Gasteiger partial charge in [-0.25, -0.2) is 0 Å². The normalized spacial score (nSPS) is 16.2. The van der Waals surface area contributed by atoms with Gasteiger partial charge in [0.1, 0.15) is 0 Å². The second kappa shape index (κ2) is 4.82. The van der Waals surface area contributed by atoms with Crippen molar-refractivity contribution in [2.75, 3.05) is 13.2 Å². The van der Waals surface area contributed by atoms with Crippen molar-refractivity contribution in [2.45, 2.75) is 19.8 Å². The predicted molar refractivity (Wildman–Crippen MR) is 51.2 cm³/mol. The molecule has 72 valence electrons. The SMILES string of the molecule is CC1=CC=C(C(=O)NCCO)CC1. The molecule has 0 radical (unpaired) electrons. The molecule has 0 bridgehead atoms. The first-order valence-electron chi connectivity index (χ1n) is 4.49. The quantitative estimate of drug-likeness (QED) is 0.675. The molecule has 0 fully saturated rings. The van der Waals surface area contributed by atoms with Crippen molar-refractivity contribution in [3.63, 3.8) is 0 Å². The van der Waals surface area contributed by atoms with Gasteiger partial charge in [0.05, 0.1) is 6.61 Å². The Morgan fingerprint density at radius 3 is 2.85 bits per heavy atom. The molecule has 3 nitrogen and oxygen atoms in total. The lowest BCUT2D eigenvalue weighted by atomic mass is 9.99. The highest BCUT2D eigenvalue weighted by Gasteiger charge is 2.10. The average molecular weight is 181 g/mol. The largest absolute Gasteiger partial charge is 0.395 e. The first-order chi connectivity index (χ1) is 6.24. The lowest BCUT2D eigenvalue weighted by Crippen LogP contribution is -2.28. The fraction of sp³-hybridized carbons (Fsp3) is 0.500. The Morgan fingerprint density at radius 1 is 1.54 bits per heavy atom. The van der Waals surface area contributed by atoms with Gasteiger partial charge in [0.25, 0.3) is 0 Å². The number of aliphatic hydroxyl groups is 1. The smallest absolute Gasteiger partial charge is 0.247 e. The molecule has 0 atom stereocenters. The number of hydrogen-bond donors (Lipinski definition) is 2. The maximum atomic E-state index is 11.3. The molecular weight excluding hydrogens is 166 g/mol. The summed E-state index contributed by atoms with van der Waals surface area (Å²) in [5, 5.41) is 11.1. The van der Waals surface area contributed by atoms with Crippen LogP contribution >= 0.6 is 0 Å². The number of aliphatic hydroxyl groups excluding tert-OH is 1. The van der Waals surface area contributed by atoms with E-state index in [1.807, 2.05) is 12.2 Å². The molecule has 1 rings (SSSR count). The highest BCUT2D eigenvalue weighted by atomic mass is 16.3. The van der Waals surface area contributed by atoms with Crippen molar-refractivity contribution < 1.29 is 9.90 Å². The number of allylic oxidation sites excluding steroid dienone is 3. The van der Waals surface area contributed by atoms with E-state index in [1.54, 1.807) is 0 Å². The molecule has 1 aliphatic carbocycles. The number of hydrogen-bond acceptors (Lipinski definition) is 2. The number of carbonyl (C=O) groups excluding carboxylic acids is 1. The van der Waals surface area contributed by atoms with Crippen molar-refractivity contribution in [3.8, 4) is 0 Å². The summed E-state index contributed by atoms with van der Waals surface area (Å²) in [4.78, 5) is 11.3. The fourth-order valence-electron chi connectivity index (χ4n) is 1.21. The summed E-state index contributed by atoms with van der Waals surface area (Å²) < 4.78 is 0. The van der Waals surface area contributed by atoms with Gasteiger partial charge in [-0.1, -0.05) is 17.7 Å². The van der Waals surface area contributed by atoms with Crippen LogP contribution in [0.15, 0.2) is 23.3 Å². The molecular formula is C10H15NO2. The Labute approximate surface area is 78.1 Å². The van der Waals surface area contributed by atoms with Gasteiger partial charge in [-0.2, -0.15) is 0 Å². The Morgan fingerprint density at radius 2 is 2.31 bits per heavy atom. The predicted octanol–water partition coefficient (Wildman–Crippen LogP) is 0.761. The summed E-state index contributed by atoms with van der Waals surface area (Å²) in [6.07, 6.45) is 5.58. The molecule has 0 aromatic carbocycles. The Balaban J connectivity index is 2.48. The van der Waals surface area contributed by atoms with E-state index in [0.717, 1.165) is 18.4 Å². The minimum Gasteiger partial charge on any atom is -0.395 e.